The number of ether oxygens (including phenoxy) is 2. The summed E-state index contributed by atoms with van der Waals surface area (Å²) in [7, 11) is 1.67. The average Bonchev–Trinajstić information content (AvgIpc) is 2.36. The highest BCUT2D eigenvalue weighted by atomic mass is 16.7. The van der Waals surface area contributed by atoms with Gasteiger partial charge < -0.3 is 9.47 Å². The largest absolute Gasteiger partial charge is 0.516 e. The van der Waals surface area contributed by atoms with Crippen molar-refractivity contribution in [3.8, 4) is 6.01 Å². The summed E-state index contributed by atoms with van der Waals surface area (Å²) >= 11 is 0. The Morgan fingerprint density at radius 2 is 2.50 bits per heavy atom. The minimum atomic E-state index is -0.788. The van der Waals surface area contributed by atoms with Crippen LogP contribution in [-0.4, -0.2) is 27.5 Å². The molecule has 6 nitrogen and oxygen atoms in total. The van der Waals surface area contributed by atoms with E-state index >= 15 is 0 Å². The van der Waals surface area contributed by atoms with E-state index in [2.05, 4.69) is 19.6 Å². The SMILES string of the molecule is CCOC(=O)Oc1ncn(C)n1. The smallest absolute Gasteiger partial charge is 0.434 e. The molecule has 0 radical (unpaired) electrons. The van der Waals surface area contributed by atoms with Crippen LogP contribution in [0, 0.1) is 0 Å². The van der Waals surface area contributed by atoms with E-state index in [0.29, 0.717) is 0 Å². The topological polar surface area (TPSA) is 66.2 Å². The van der Waals surface area contributed by atoms with Gasteiger partial charge in [-0.15, -0.1) is 5.10 Å². The molecule has 12 heavy (non-hydrogen) atoms. The Labute approximate surface area is 69.1 Å². The number of carbonyl (C=O) groups is 1. The van der Waals surface area contributed by atoms with Crippen LogP contribution in [0.2, 0.25) is 0 Å². The summed E-state index contributed by atoms with van der Waals surface area (Å²) < 4.78 is 10.5. The van der Waals surface area contributed by atoms with Gasteiger partial charge >= 0.3 is 12.2 Å². The molecule has 1 aromatic heterocycles. The van der Waals surface area contributed by atoms with Gasteiger partial charge in [-0.05, 0) is 6.92 Å². The first-order chi connectivity index (χ1) is 5.72. The van der Waals surface area contributed by atoms with E-state index < -0.39 is 6.16 Å². The first-order valence-corrected chi connectivity index (χ1v) is 3.42. The van der Waals surface area contributed by atoms with Gasteiger partial charge in [0.15, 0.2) is 0 Å². The van der Waals surface area contributed by atoms with E-state index in [0.717, 1.165) is 0 Å². The third kappa shape index (κ3) is 2.22. The van der Waals surface area contributed by atoms with Crippen LogP contribution in [-0.2, 0) is 11.8 Å². The summed E-state index contributed by atoms with van der Waals surface area (Å²) in [6.45, 7) is 1.96. The molecular weight excluding hydrogens is 162 g/mol. The lowest BCUT2D eigenvalue weighted by molar-refractivity contribution is 0.101. The van der Waals surface area contributed by atoms with Gasteiger partial charge in [-0.3, -0.25) is 4.68 Å². The van der Waals surface area contributed by atoms with Gasteiger partial charge in [0.25, 0.3) is 0 Å². The molecule has 0 spiro atoms. The molecule has 0 saturated heterocycles. The second-order valence-corrected chi connectivity index (χ2v) is 1.99. The monoisotopic (exact) mass is 171 g/mol. The van der Waals surface area contributed by atoms with Crippen LogP contribution < -0.4 is 4.74 Å². The van der Waals surface area contributed by atoms with Gasteiger partial charge in [0.2, 0.25) is 0 Å². The average molecular weight is 171 g/mol. The number of rotatable bonds is 2. The van der Waals surface area contributed by atoms with E-state index in [1.165, 1.54) is 11.0 Å². The molecule has 1 aromatic rings. The van der Waals surface area contributed by atoms with Crippen molar-refractivity contribution >= 4 is 6.16 Å². The van der Waals surface area contributed by atoms with Gasteiger partial charge in [0.1, 0.15) is 6.33 Å². The molecule has 0 amide bonds. The summed E-state index contributed by atoms with van der Waals surface area (Å²) in [5.41, 5.74) is 0. The van der Waals surface area contributed by atoms with Crippen molar-refractivity contribution in [3.05, 3.63) is 6.33 Å². The maximum absolute atomic E-state index is 10.7. The van der Waals surface area contributed by atoms with Crippen molar-refractivity contribution < 1.29 is 14.3 Å². The quantitative estimate of drug-likeness (QED) is 0.600. The van der Waals surface area contributed by atoms with Crippen LogP contribution >= 0.6 is 0 Å². The molecule has 0 aliphatic rings. The van der Waals surface area contributed by atoms with Gasteiger partial charge in [-0.1, -0.05) is 0 Å². The van der Waals surface area contributed by atoms with E-state index in [1.807, 2.05) is 0 Å². The van der Waals surface area contributed by atoms with Crippen LogP contribution in [0.5, 0.6) is 6.01 Å². The highest BCUT2D eigenvalue weighted by molar-refractivity contribution is 5.62. The Kier molecular flexibility index (Phi) is 2.62. The molecule has 0 unspecified atom stereocenters. The van der Waals surface area contributed by atoms with E-state index in [1.54, 1.807) is 14.0 Å². The van der Waals surface area contributed by atoms with Crippen molar-refractivity contribution in [2.24, 2.45) is 7.05 Å². The van der Waals surface area contributed by atoms with Crippen LogP contribution in [0.1, 0.15) is 6.92 Å². The minimum Gasteiger partial charge on any atom is -0.434 e. The molecule has 6 heteroatoms. The fourth-order valence-corrected chi connectivity index (χ4v) is 0.588. The van der Waals surface area contributed by atoms with Gasteiger partial charge in [0, 0.05) is 7.05 Å². The zero-order chi connectivity index (χ0) is 8.97. The molecule has 0 aliphatic carbocycles. The summed E-state index contributed by atoms with van der Waals surface area (Å²) in [5.74, 6) is 0. The van der Waals surface area contributed by atoms with E-state index in [9.17, 15) is 4.79 Å². The van der Waals surface area contributed by atoms with Crippen molar-refractivity contribution in [1.82, 2.24) is 14.8 Å². The fourth-order valence-electron chi connectivity index (χ4n) is 0.588. The molecule has 0 aliphatic heterocycles. The Morgan fingerprint density at radius 3 is 3.00 bits per heavy atom. The summed E-state index contributed by atoms with van der Waals surface area (Å²) in [5, 5.41) is 3.72. The van der Waals surface area contributed by atoms with Crippen LogP contribution in [0.3, 0.4) is 0 Å². The van der Waals surface area contributed by atoms with E-state index in [4.69, 9.17) is 0 Å². The molecular formula is C6H9N3O3. The summed E-state index contributed by atoms with van der Waals surface area (Å²) in [4.78, 5) is 14.4. The first-order valence-electron chi connectivity index (χ1n) is 3.42. The van der Waals surface area contributed by atoms with Crippen LogP contribution in [0.15, 0.2) is 6.33 Å². The zero-order valence-electron chi connectivity index (χ0n) is 6.85. The Hall–Kier alpha value is -1.59. The molecule has 1 rings (SSSR count). The number of carbonyl (C=O) groups excluding carboxylic acids is 1. The van der Waals surface area contributed by atoms with Crippen molar-refractivity contribution in [2.75, 3.05) is 6.61 Å². The van der Waals surface area contributed by atoms with E-state index in [-0.39, 0.29) is 12.6 Å². The van der Waals surface area contributed by atoms with Gasteiger partial charge in [0.05, 0.1) is 6.61 Å². The number of aromatic nitrogens is 3. The van der Waals surface area contributed by atoms with Crippen LogP contribution in [0.25, 0.3) is 0 Å². The van der Waals surface area contributed by atoms with Gasteiger partial charge in [-0.2, -0.15) is 4.98 Å². The number of hydrogen-bond acceptors (Lipinski definition) is 5. The lowest BCUT2D eigenvalue weighted by atomic mass is 10.9. The Morgan fingerprint density at radius 1 is 1.75 bits per heavy atom. The first kappa shape index (κ1) is 8.51. The van der Waals surface area contributed by atoms with Crippen LogP contribution in [0.4, 0.5) is 4.79 Å². The Bertz CT molecular complexity index is 271. The molecule has 0 aromatic carbocycles. The summed E-state index contributed by atoms with van der Waals surface area (Å²) in [6, 6.07) is -0.00375. The molecule has 1 heterocycles. The predicted molar refractivity (Wildman–Crippen MR) is 38.7 cm³/mol. The maximum atomic E-state index is 10.7. The second-order valence-electron chi connectivity index (χ2n) is 1.99. The fraction of sp³-hybridized carbons (Fsp3) is 0.500. The molecule has 66 valence electrons. The normalized spacial score (nSPS) is 9.50. The van der Waals surface area contributed by atoms with Crippen molar-refractivity contribution in [1.29, 1.82) is 0 Å². The van der Waals surface area contributed by atoms with Crippen molar-refractivity contribution in [2.45, 2.75) is 6.92 Å². The number of aryl methyl sites for hydroxylation is 1. The molecule has 0 saturated carbocycles. The minimum absolute atomic E-state index is 0.00375. The third-order valence-corrected chi connectivity index (χ3v) is 1.02. The second kappa shape index (κ2) is 3.70. The molecule has 0 atom stereocenters. The zero-order valence-corrected chi connectivity index (χ0v) is 6.85. The lowest BCUT2D eigenvalue weighted by Gasteiger charge is -1.97. The third-order valence-electron chi connectivity index (χ3n) is 1.02. The van der Waals surface area contributed by atoms with Gasteiger partial charge in [-0.25, -0.2) is 4.79 Å². The maximum Gasteiger partial charge on any atom is 0.516 e. The summed E-state index contributed by atoms with van der Waals surface area (Å²) in [6.07, 6.45) is 0.637. The molecule has 0 N–H and O–H groups in total. The van der Waals surface area contributed by atoms with Crippen molar-refractivity contribution in [3.63, 3.8) is 0 Å². The standard InChI is InChI=1S/C6H9N3O3/c1-3-11-6(10)12-5-7-4-9(2)8-5/h4H,3H2,1-2H3. The number of nitrogens with zero attached hydrogens (tertiary/aromatic N) is 3. The molecule has 0 bridgehead atoms. The molecule has 0 fully saturated rings. The lowest BCUT2D eigenvalue weighted by Crippen LogP contribution is -2.11. The predicted octanol–water partition coefficient (Wildman–Crippen LogP) is 0.350. The highest BCUT2D eigenvalue weighted by Crippen LogP contribution is 1.99. The highest BCUT2D eigenvalue weighted by Gasteiger charge is 2.07. The number of hydrogen-bond donors (Lipinski definition) is 0. The Balaban J connectivity index is 2.46.